The molecule has 0 spiro atoms. The Kier molecular flexibility index (Phi) is 4.55. The Morgan fingerprint density at radius 1 is 1.45 bits per heavy atom. The minimum absolute atomic E-state index is 0.255. The number of nitrogens with one attached hydrogen (secondary N) is 1. The lowest BCUT2D eigenvalue weighted by molar-refractivity contribution is -0.137. The number of aryl methyl sites for hydroxylation is 1. The molecular weight excluding hydrogens is 258 g/mol. The van der Waals surface area contributed by atoms with Gasteiger partial charge in [-0.15, -0.1) is 0 Å². The second-order valence-electron chi connectivity index (χ2n) is 5.18. The molecule has 0 aliphatic heterocycles. The smallest absolute Gasteiger partial charge is 0.323 e. The zero-order valence-corrected chi connectivity index (χ0v) is 11.5. The highest BCUT2D eigenvalue weighted by atomic mass is 16.4. The maximum Gasteiger partial charge on any atom is 0.323 e. The summed E-state index contributed by atoms with van der Waals surface area (Å²) in [4.78, 5) is 28.3. The van der Waals surface area contributed by atoms with Gasteiger partial charge in [0, 0.05) is 25.0 Å². The minimum atomic E-state index is -0.988. The first kappa shape index (κ1) is 14.3. The Labute approximate surface area is 117 Å². The van der Waals surface area contributed by atoms with Crippen molar-refractivity contribution in [2.75, 3.05) is 13.1 Å². The van der Waals surface area contributed by atoms with Crippen molar-refractivity contribution in [2.45, 2.75) is 26.3 Å². The Morgan fingerprint density at radius 2 is 2.20 bits per heavy atom. The summed E-state index contributed by atoms with van der Waals surface area (Å²) < 4.78 is 0. The monoisotopic (exact) mass is 277 g/mol. The van der Waals surface area contributed by atoms with Gasteiger partial charge < -0.3 is 15.3 Å². The number of carbonyl (C=O) groups excluding carboxylic acids is 1. The summed E-state index contributed by atoms with van der Waals surface area (Å²) in [6.07, 6.45) is 3.86. The highest BCUT2D eigenvalue weighted by Gasteiger charge is 2.27. The summed E-state index contributed by atoms with van der Waals surface area (Å²) in [7, 11) is 0. The molecule has 0 aromatic carbocycles. The molecule has 1 fully saturated rings. The van der Waals surface area contributed by atoms with Crippen LogP contribution in [0, 0.1) is 12.8 Å². The normalized spacial score (nSPS) is 13.8. The summed E-state index contributed by atoms with van der Waals surface area (Å²) in [5.41, 5.74) is 1.81. The standard InChI is InChI=1S/C14H19N3O3/c1-10-2-3-12(6-15-10)7-16-14(20)17(9-13(18)19)8-11-4-5-11/h2-3,6,11H,4-5,7-9H2,1H3,(H,16,20)(H,18,19). The molecule has 6 nitrogen and oxygen atoms in total. The van der Waals surface area contributed by atoms with Crippen LogP contribution in [0.5, 0.6) is 0 Å². The van der Waals surface area contributed by atoms with Gasteiger partial charge in [-0.3, -0.25) is 9.78 Å². The maximum absolute atomic E-state index is 12.0. The number of amides is 2. The van der Waals surface area contributed by atoms with Crippen LogP contribution in [0.4, 0.5) is 4.79 Å². The number of urea groups is 1. The van der Waals surface area contributed by atoms with Crippen molar-refractivity contribution in [3.8, 4) is 0 Å². The predicted octanol–water partition coefficient (Wildman–Crippen LogP) is 1.40. The van der Waals surface area contributed by atoms with Crippen molar-refractivity contribution in [1.29, 1.82) is 0 Å². The van der Waals surface area contributed by atoms with Crippen molar-refractivity contribution in [1.82, 2.24) is 15.2 Å². The van der Waals surface area contributed by atoms with Gasteiger partial charge in [-0.25, -0.2) is 4.79 Å². The molecule has 1 aliphatic rings. The topological polar surface area (TPSA) is 82.5 Å². The molecule has 2 rings (SSSR count). The van der Waals surface area contributed by atoms with Gasteiger partial charge in [0.2, 0.25) is 0 Å². The fourth-order valence-electron chi connectivity index (χ4n) is 1.89. The Morgan fingerprint density at radius 3 is 2.75 bits per heavy atom. The van der Waals surface area contributed by atoms with Crippen LogP contribution >= 0.6 is 0 Å². The first-order valence-electron chi connectivity index (χ1n) is 6.70. The van der Waals surface area contributed by atoms with Crippen LogP contribution < -0.4 is 5.32 Å². The average Bonchev–Trinajstić information content (AvgIpc) is 3.20. The predicted molar refractivity (Wildman–Crippen MR) is 73.1 cm³/mol. The number of hydrogen-bond donors (Lipinski definition) is 2. The lowest BCUT2D eigenvalue weighted by Gasteiger charge is -2.21. The van der Waals surface area contributed by atoms with Crippen molar-refractivity contribution in [2.24, 2.45) is 5.92 Å². The number of aromatic nitrogens is 1. The summed E-state index contributed by atoms with van der Waals surface area (Å²) in [5, 5.41) is 11.6. The van der Waals surface area contributed by atoms with Gasteiger partial charge in [-0.1, -0.05) is 6.07 Å². The summed E-state index contributed by atoms with van der Waals surface area (Å²) in [6.45, 7) is 2.51. The molecule has 108 valence electrons. The fourth-order valence-corrected chi connectivity index (χ4v) is 1.89. The van der Waals surface area contributed by atoms with Crippen LogP contribution in [0.3, 0.4) is 0 Å². The highest BCUT2D eigenvalue weighted by Crippen LogP contribution is 2.29. The van der Waals surface area contributed by atoms with Gasteiger partial charge in [0.1, 0.15) is 6.54 Å². The van der Waals surface area contributed by atoms with E-state index in [1.165, 1.54) is 4.90 Å². The van der Waals surface area contributed by atoms with Gasteiger partial charge in [-0.2, -0.15) is 0 Å². The van der Waals surface area contributed by atoms with Crippen LogP contribution in [-0.4, -0.2) is 40.1 Å². The first-order chi connectivity index (χ1) is 9.54. The molecule has 1 aromatic heterocycles. The molecule has 1 heterocycles. The van der Waals surface area contributed by atoms with Gasteiger partial charge in [0.05, 0.1) is 0 Å². The van der Waals surface area contributed by atoms with Crippen LogP contribution in [0.25, 0.3) is 0 Å². The third-order valence-electron chi connectivity index (χ3n) is 3.21. The molecule has 0 unspecified atom stereocenters. The van der Waals surface area contributed by atoms with E-state index in [0.717, 1.165) is 24.1 Å². The zero-order valence-electron chi connectivity index (χ0n) is 11.5. The maximum atomic E-state index is 12.0. The molecular formula is C14H19N3O3. The first-order valence-corrected chi connectivity index (χ1v) is 6.70. The van der Waals surface area contributed by atoms with E-state index in [1.807, 2.05) is 19.1 Å². The Balaban J connectivity index is 1.86. The molecule has 0 bridgehead atoms. The number of carboxylic acids is 1. The molecule has 0 atom stereocenters. The van der Waals surface area contributed by atoms with E-state index in [9.17, 15) is 9.59 Å². The zero-order chi connectivity index (χ0) is 14.5. The quantitative estimate of drug-likeness (QED) is 0.823. The lowest BCUT2D eigenvalue weighted by atomic mass is 10.2. The molecule has 0 radical (unpaired) electrons. The second-order valence-corrected chi connectivity index (χ2v) is 5.18. The number of carbonyl (C=O) groups is 2. The van der Waals surface area contributed by atoms with Crippen LogP contribution in [0.15, 0.2) is 18.3 Å². The van der Waals surface area contributed by atoms with Crippen LogP contribution in [0.1, 0.15) is 24.1 Å². The Hall–Kier alpha value is -2.11. The molecule has 1 aliphatic carbocycles. The molecule has 2 N–H and O–H groups in total. The van der Waals surface area contributed by atoms with Crippen molar-refractivity contribution in [3.63, 3.8) is 0 Å². The lowest BCUT2D eigenvalue weighted by Crippen LogP contribution is -2.43. The molecule has 1 saturated carbocycles. The van der Waals surface area contributed by atoms with E-state index >= 15 is 0 Å². The summed E-state index contributed by atoms with van der Waals surface area (Å²) in [6, 6.07) is 3.44. The van der Waals surface area contributed by atoms with E-state index in [-0.39, 0.29) is 12.6 Å². The van der Waals surface area contributed by atoms with E-state index in [2.05, 4.69) is 10.3 Å². The second kappa shape index (κ2) is 6.36. The summed E-state index contributed by atoms with van der Waals surface area (Å²) in [5.74, 6) is -0.529. The van der Waals surface area contributed by atoms with Crippen molar-refractivity contribution < 1.29 is 14.7 Å². The molecule has 1 aromatic rings. The number of rotatable bonds is 6. The SMILES string of the molecule is Cc1ccc(CNC(=O)N(CC(=O)O)CC2CC2)cn1. The van der Waals surface area contributed by atoms with Crippen molar-refractivity contribution >= 4 is 12.0 Å². The summed E-state index contributed by atoms with van der Waals surface area (Å²) >= 11 is 0. The highest BCUT2D eigenvalue weighted by molar-refractivity contribution is 5.80. The number of pyridine rings is 1. The average molecular weight is 277 g/mol. The van der Waals surface area contributed by atoms with Crippen LogP contribution in [0.2, 0.25) is 0 Å². The number of aliphatic carboxylic acids is 1. The van der Waals surface area contributed by atoms with Gasteiger partial charge in [-0.05, 0) is 37.3 Å². The number of carboxylic acid groups (broad SMARTS) is 1. The van der Waals surface area contributed by atoms with Gasteiger partial charge in [0.25, 0.3) is 0 Å². The number of nitrogens with zero attached hydrogens (tertiary/aromatic N) is 2. The van der Waals surface area contributed by atoms with E-state index in [1.54, 1.807) is 6.20 Å². The van der Waals surface area contributed by atoms with E-state index in [0.29, 0.717) is 19.0 Å². The molecule has 2 amide bonds. The van der Waals surface area contributed by atoms with Crippen molar-refractivity contribution in [3.05, 3.63) is 29.6 Å². The van der Waals surface area contributed by atoms with E-state index in [4.69, 9.17) is 5.11 Å². The third kappa shape index (κ3) is 4.53. The minimum Gasteiger partial charge on any atom is -0.480 e. The number of hydrogen-bond acceptors (Lipinski definition) is 3. The molecule has 20 heavy (non-hydrogen) atoms. The Bertz CT molecular complexity index is 483. The molecule has 0 saturated heterocycles. The van der Waals surface area contributed by atoms with Crippen LogP contribution in [-0.2, 0) is 11.3 Å². The fraction of sp³-hybridized carbons (Fsp3) is 0.500. The van der Waals surface area contributed by atoms with Gasteiger partial charge >= 0.3 is 12.0 Å². The molecule has 6 heteroatoms. The van der Waals surface area contributed by atoms with Gasteiger partial charge in [0.15, 0.2) is 0 Å². The van der Waals surface area contributed by atoms with E-state index < -0.39 is 5.97 Å². The third-order valence-corrected chi connectivity index (χ3v) is 3.21. The largest absolute Gasteiger partial charge is 0.480 e.